The van der Waals surface area contributed by atoms with Gasteiger partial charge in [0.2, 0.25) is 5.91 Å². The lowest BCUT2D eigenvalue weighted by Gasteiger charge is -2.14. The zero-order valence-corrected chi connectivity index (χ0v) is 16.2. The maximum atomic E-state index is 12.4. The van der Waals surface area contributed by atoms with E-state index in [0.717, 1.165) is 0 Å². The highest BCUT2D eigenvalue weighted by atomic mass is 35.5. The highest BCUT2D eigenvalue weighted by Gasteiger charge is 2.28. The fourth-order valence-electron chi connectivity index (χ4n) is 2.25. The zero-order valence-electron chi connectivity index (χ0n) is 14.0. The van der Waals surface area contributed by atoms with E-state index < -0.39 is 11.8 Å². The van der Waals surface area contributed by atoms with Crippen molar-refractivity contribution in [2.24, 2.45) is 11.8 Å². The Labute approximate surface area is 165 Å². The number of aromatic nitrogens is 2. The van der Waals surface area contributed by atoms with Gasteiger partial charge in [-0.1, -0.05) is 48.7 Å². The predicted octanol–water partition coefficient (Wildman–Crippen LogP) is 4.53. The molecule has 1 atom stereocenters. The van der Waals surface area contributed by atoms with Gasteiger partial charge in [0, 0.05) is 18.2 Å². The minimum Gasteiger partial charge on any atom is -0.309 e. The predicted molar refractivity (Wildman–Crippen MR) is 101 cm³/mol. The van der Waals surface area contributed by atoms with Gasteiger partial charge in [-0.05, 0) is 12.1 Å². The molecule has 0 bridgehead atoms. The van der Waals surface area contributed by atoms with Crippen molar-refractivity contribution in [2.45, 2.75) is 20.3 Å². The standard InChI is InChI=1S/C17H15Cl3N4O2/c1-9(2)16(25)10(5-7-21)17(26)22-13-6-8-24(23-13)12-4-3-11(18)14(19)15(12)20/h3-4,6,8-10H,5H2,1-2H3,(H,22,23,26). The van der Waals surface area contributed by atoms with Gasteiger partial charge >= 0.3 is 0 Å². The van der Waals surface area contributed by atoms with E-state index in [4.69, 9.17) is 40.1 Å². The van der Waals surface area contributed by atoms with Crippen molar-refractivity contribution in [3.8, 4) is 11.8 Å². The van der Waals surface area contributed by atoms with Crippen LogP contribution in [0, 0.1) is 23.2 Å². The molecule has 1 amide bonds. The molecule has 0 aliphatic carbocycles. The molecular formula is C17H15Cl3N4O2. The fourth-order valence-corrected chi connectivity index (χ4v) is 2.86. The van der Waals surface area contributed by atoms with Gasteiger partial charge in [-0.25, -0.2) is 4.68 Å². The summed E-state index contributed by atoms with van der Waals surface area (Å²) in [7, 11) is 0. The number of hydrogen-bond donors (Lipinski definition) is 1. The van der Waals surface area contributed by atoms with Crippen LogP contribution in [0.4, 0.5) is 5.82 Å². The van der Waals surface area contributed by atoms with Gasteiger partial charge in [0.15, 0.2) is 5.82 Å². The second-order valence-corrected chi connectivity index (χ2v) is 6.96. The highest BCUT2D eigenvalue weighted by Crippen LogP contribution is 2.34. The Morgan fingerprint density at radius 1 is 1.23 bits per heavy atom. The van der Waals surface area contributed by atoms with Crippen molar-refractivity contribution in [3.63, 3.8) is 0 Å². The first-order valence-corrected chi connectivity index (χ1v) is 8.80. The molecule has 0 saturated heterocycles. The van der Waals surface area contributed by atoms with Gasteiger partial charge in [-0.15, -0.1) is 0 Å². The summed E-state index contributed by atoms with van der Waals surface area (Å²) >= 11 is 18.1. The number of amides is 1. The average molecular weight is 414 g/mol. The summed E-state index contributed by atoms with van der Waals surface area (Å²) in [6.45, 7) is 3.36. The Kier molecular flexibility index (Phi) is 6.65. The van der Waals surface area contributed by atoms with Crippen LogP contribution in [-0.2, 0) is 9.59 Å². The van der Waals surface area contributed by atoms with E-state index in [9.17, 15) is 9.59 Å². The number of carbonyl (C=O) groups is 2. The van der Waals surface area contributed by atoms with E-state index in [-0.39, 0.29) is 34.0 Å². The summed E-state index contributed by atoms with van der Waals surface area (Å²) in [6.07, 6.45) is 1.38. The minimum atomic E-state index is -1.04. The van der Waals surface area contributed by atoms with E-state index in [2.05, 4.69) is 10.4 Å². The number of benzene rings is 1. The first kappa shape index (κ1) is 20.2. The van der Waals surface area contributed by atoms with E-state index in [1.807, 2.05) is 6.07 Å². The third-order valence-electron chi connectivity index (χ3n) is 3.63. The van der Waals surface area contributed by atoms with Gasteiger partial charge in [0.25, 0.3) is 0 Å². The molecule has 0 spiro atoms. The van der Waals surface area contributed by atoms with Gasteiger partial charge in [-0.3, -0.25) is 9.59 Å². The Morgan fingerprint density at radius 2 is 1.92 bits per heavy atom. The summed E-state index contributed by atoms with van der Waals surface area (Å²) in [5.41, 5.74) is 0.480. The summed E-state index contributed by atoms with van der Waals surface area (Å²) in [6, 6.07) is 6.62. The molecule has 1 aromatic carbocycles. The average Bonchev–Trinajstić information content (AvgIpc) is 3.05. The van der Waals surface area contributed by atoms with Crippen molar-refractivity contribution in [1.29, 1.82) is 5.26 Å². The SMILES string of the molecule is CC(C)C(=O)C(CC#N)C(=O)Nc1ccn(-c2ccc(Cl)c(Cl)c2Cl)n1. The molecule has 1 unspecified atom stereocenters. The zero-order chi connectivity index (χ0) is 19.4. The topological polar surface area (TPSA) is 87.8 Å². The third-order valence-corrected chi connectivity index (χ3v) is 4.91. The van der Waals surface area contributed by atoms with E-state index in [0.29, 0.717) is 10.7 Å². The molecule has 1 aromatic heterocycles. The third kappa shape index (κ3) is 4.36. The van der Waals surface area contributed by atoms with E-state index in [1.54, 1.807) is 38.2 Å². The molecule has 136 valence electrons. The quantitative estimate of drug-likeness (QED) is 0.557. The molecule has 0 aliphatic heterocycles. The van der Waals surface area contributed by atoms with Gasteiger partial charge in [0.1, 0.15) is 11.7 Å². The lowest BCUT2D eigenvalue weighted by Crippen LogP contribution is -2.32. The molecule has 2 aromatic rings. The number of halogens is 3. The molecule has 2 rings (SSSR count). The maximum absolute atomic E-state index is 12.4. The summed E-state index contributed by atoms with van der Waals surface area (Å²) in [4.78, 5) is 24.5. The number of Topliss-reactive ketones (excluding diaryl/α,β-unsaturated/α-hetero) is 1. The van der Waals surface area contributed by atoms with Crippen LogP contribution in [0.25, 0.3) is 5.69 Å². The number of rotatable bonds is 6. The minimum absolute atomic E-state index is 0.192. The first-order valence-electron chi connectivity index (χ1n) is 7.67. The van der Waals surface area contributed by atoms with Crippen LogP contribution in [0.2, 0.25) is 15.1 Å². The molecule has 9 heteroatoms. The van der Waals surface area contributed by atoms with Gasteiger partial charge < -0.3 is 5.32 Å². The number of anilines is 1. The number of carbonyl (C=O) groups excluding carboxylic acids is 2. The van der Waals surface area contributed by atoms with Crippen LogP contribution >= 0.6 is 34.8 Å². The summed E-state index contributed by atoms with van der Waals surface area (Å²) in [5.74, 6) is -2.05. The highest BCUT2D eigenvalue weighted by molar-refractivity contribution is 6.48. The number of ketones is 1. The van der Waals surface area contributed by atoms with E-state index >= 15 is 0 Å². The van der Waals surface area contributed by atoms with Crippen molar-refractivity contribution in [3.05, 3.63) is 39.5 Å². The number of nitriles is 1. The molecular weight excluding hydrogens is 399 g/mol. The molecule has 0 fully saturated rings. The Balaban J connectivity index is 2.22. The van der Waals surface area contributed by atoms with Crippen LogP contribution in [-0.4, -0.2) is 21.5 Å². The van der Waals surface area contributed by atoms with Gasteiger partial charge in [-0.2, -0.15) is 10.4 Å². The summed E-state index contributed by atoms with van der Waals surface area (Å²) in [5, 5.41) is 16.4. The lowest BCUT2D eigenvalue weighted by molar-refractivity contribution is -0.132. The molecule has 26 heavy (non-hydrogen) atoms. The summed E-state index contributed by atoms with van der Waals surface area (Å²) < 4.78 is 1.42. The Morgan fingerprint density at radius 3 is 2.54 bits per heavy atom. The van der Waals surface area contributed by atoms with Crippen LogP contribution in [0.5, 0.6) is 0 Å². The molecule has 0 saturated carbocycles. The van der Waals surface area contributed by atoms with Crippen molar-refractivity contribution >= 4 is 52.3 Å². The maximum Gasteiger partial charge on any atom is 0.237 e. The van der Waals surface area contributed by atoms with Crippen molar-refractivity contribution in [1.82, 2.24) is 9.78 Å². The van der Waals surface area contributed by atoms with Crippen LogP contribution < -0.4 is 5.32 Å². The Hall–Kier alpha value is -2.07. The molecule has 1 heterocycles. The number of nitrogens with one attached hydrogen (secondary N) is 1. The smallest absolute Gasteiger partial charge is 0.237 e. The molecule has 6 nitrogen and oxygen atoms in total. The number of nitrogens with zero attached hydrogens (tertiary/aromatic N) is 3. The van der Waals surface area contributed by atoms with Gasteiger partial charge in [0.05, 0.1) is 33.2 Å². The number of hydrogen-bond acceptors (Lipinski definition) is 4. The molecule has 0 radical (unpaired) electrons. The second-order valence-electron chi connectivity index (χ2n) is 5.80. The van der Waals surface area contributed by atoms with Crippen molar-refractivity contribution in [2.75, 3.05) is 5.32 Å². The van der Waals surface area contributed by atoms with Crippen LogP contribution in [0.3, 0.4) is 0 Å². The fraction of sp³-hybridized carbons (Fsp3) is 0.294. The van der Waals surface area contributed by atoms with Crippen LogP contribution in [0.1, 0.15) is 20.3 Å². The Bertz CT molecular complexity index is 887. The monoisotopic (exact) mass is 412 g/mol. The lowest BCUT2D eigenvalue weighted by atomic mass is 9.92. The molecule has 1 N–H and O–H groups in total. The second kappa shape index (κ2) is 8.54. The largest absolute Gasteiger partial charge is 0.309 e. The molecule has 0 aliphatic rings. The van der Waals surface area contributed by atoms with Crippen molar-refractivity contribution < 1.29 is 9.59 Å². The first-order chi connectivity index (χ1) is 12.3. The van der Waals surface area contributed by atoms with Crippen LogP contribution in [0.15, 0.2) is 24.4 Å². The normalized spacial score (nSPS) is 11.9. The van der Waals surface area contributed by atoms with E-state index in [1.165, 1.54) is 4.68 Å².